The van der Waals surface area contributed by atoms with Crippen LogP contribution in [-0.2, 0) is 14.9 Å². The Balaban J connectivity index is 2.05. The smallest absolute Gasteiger partial charge is 0.411 e. The van der Waals surface area contributed by atoms with Crippen molar-refractivity contribution in [3.05, 3.63) is 24.3 Å². The number of nitrogens with zero attached hydrogens (tertiary/aromatic N) is 1. The number of carbonyl (C=O) groups excluding carboxylic acids is 1. The molecule has 1 aromatic carbocycles. The summed E-state index contributed by atoms with van der Waals surface area (Å²) in [4.78, 5) is 11.3. The second-order valence-corrected chi connectivity index (χ2v) is 6.31. The summed E-state index contributed by atoms with van der Waals surface area (Å²) < 4.78 is 33.0. The number of anilines is 2. The second kappa shape index (κ2) is 6.77. The fourth-order valence-electron chi connectivity index (χ4n) is 2.09. The molecule has 0 aromatic heterocycles. The molecule has 8 heteroatoms. The van der Waals surface area contributed by atoms with Crippen LogP contribution in [-0.4, -0.2) is 38.5 Å². The zero-order valence-electron chi connectivity index (χ0n) is 11.8. The Bertz CT molecular complexity index is 597. The van der Waals surface area contributed by atoms with Crippen molar-refractivity contribution in [2.45, 2.75) is 19.8 Å². The van der Waals surface area contributed by atoms with E-state index >= 15 is 0 Å². The first-order valence-corrected chi connectivity index (χ1v) is 8.27. The van der Waals surface area contributed by atoms with Crippen LogP contribution in [0.5, 0.6) is 0 Å². The molecule has 1 fully saturated rings. The number of nitrogens with one attached hydrogen (secondary N) is 2. The van der Waals surface area contributed by atoms with Gasteiger partial charge in [-0.05, 0) is 38.0 Å². The van der Waals surface area contributed by atoms with Crippen molar-refractivity contribution in [3.63, 3.8) is 0 Å². The summed E-state index contributed by atoms with van der Waals surface area (Å²) in [7, 11) is -3.53. The first kappa shape index (κ1) is 15.6. The summed E-state index contributed by atoms with van der Waals surface area (Å²) in [5, 5.41) is 2.53. The van der Waals surface area contributed by atoms with Crippen LogP contribution in [0.4, 0.5) is 16.2 Å². The quantitative estimate of drug-likeness (QED) is 0.870. The molecular weight excluding hydrogens is 294 g/mol. The molecule has 0 saturated carbocycles. The van der Waals surface area contributed by atoms with E-state index in [1.165, 1.54) is 4.31 Å². The van der Waals surface area contributed by atoms with Gasteiger partial charge in [-0.1, -0.05) is 6.07 Å². The predicted octanol–water partition coefficient (Wildman–Crippen LogP) is 2.01. The third-order valence-corrected chi connectivity index (χ3v) is 4.57. The number of carbonyl (C=O) groups is 1. The minimum Gasteiger partial charge on any atom is -0.450 e. The van der Waals surface area contributed by atoms with Crippen LogP contribution < -0.4 is 10.0 Å². The van der Waals surface area contributed by atoms with Gasteiger partial charge in [0.1, 0.15) is 0 Å². The van der Waals surface area contributed by atoms with Gasteiger partial charge in [-0.15, -0.1) is 0 Å². The van der Waals surface area contributed by atoms with E-state index in [9.17, 15) is 13.2 Å². The number of rotatable bonds is 5. The van der Waals surface area contributed by atoms with E-state index in [4.69, 9.17) is 4.74 Å². The van der Waals surface area contributed by atoms with E-state index in [1.807, 2.05) is 0 Å². The maximum atomic E-state index is 12.1. The molecule has 1 saturated heterocycles. The summed E-state index contributed by atoms with van der Waals surface area (Å²) in [6.45, 7) is 3.06. The van der Waals surface area contributed by atoms with Crippen LogP contribution in [0.1, 0.15) is 19.8 Å². The zero-order chi connectivity index (χ0) is 15.3. The lowest BCUT2D eigenvalue weighted by molar-refractivity contribution is 0.168. The molecule has 1 aliphatic rings. The number of amides is 1. The molecule has 2 rings (SSSR count). The highest BCUT2D eigenvalue weighted by atomic mass is 32.2. The Kier molecular flexibility index (Phi) is 5.03. The van der Waals surface area contributed by atoms with Crippen molar-refractivity contribution in [1.82, 2.24) is 4.31 Å². The van der Waals surface area contributed by atoms with Crippen molar-refractivity contribution >= 4 is 27.7 Å². The molecule has 1 heterocycles. The number of benzene rings is 1. The molecular formula is C13H19N3O4S. The van der Waals surface area contributed by atoms with E-state index in [0.717, 1.165) is 12.8 Å². The molecule has 0 unspecified atom stereocenters. The van der Waals surface area contributed by atoms with Gasteiger partial charge in [-0.2, -0.15) is 12.7 Å². The van der Waals surface area contributed by atoms with E-state index in [-0.39, 0.29) is 6.61 Å². The van der Waals surface area contributed by atoms with Crippen molar-refractivity contribution in [2.75, 3.05) is 29.7 Å². The van der Waals surface area contributed by atoms with Gasteiger partial charge >= 0.3 is 16.3 Å². The zero-order valence-corrected chi connectivity index (χ0v) is 12.6. The van der Waals surface area contributed by atoms with Crippen LogP contribution >= 0.6 is 0 Å². The molecule has 2 N–H and O–H groups in total. The highest BCUT2D eigenvalue weighted by Crippen LogP contribution is 2.19. The normalized spacial score (nSPS) is 15.7. The van der Waals surface area contributed by atoms with E-state index in [2.05, 4.69) is 10.0 Å². The number of hydrogen-bond donors (Lipinski definition) is 2. The highest BCUT2D eigenvalue weighted by molar-refractivity contribution is 7.90. The first-order valence-electron chi connectivity index (χ1n) is 6.83. The topological polar surface area (TPSA) is 87.7 Å². The summed E-state index contributed by atoms with van der Waals surface area (Å²) in [5.74, 6) is 0. The summed E-state index contributed by atoms with van der Waals surface area (Å²) in [5.41, 5.74) is 0.867. The lowest BCUT2D eigenvalue weighted by atomic mass is 10.3. The highest BCUT2D eigenvalue weighted by Gasteiger charge is 2.25. The third-order valence-electron chi connectivity index (χ3n) is 3.04. The molecule has 1 aliphatic heterocycles. The molecule has 21 heavy (non-hydrogen) atoms. The lowest BCUT2D eigenvalue weighted by Crippen LogP contribution is -2.33. The van der Waals surface area contributed by atoms with Crippen LogP contribution in [0.2, 0.25) is 0 Å². The van der Waals surface area contributed by atoms with Gasteiger partial charge in [-0.3, -0.25) is 10.0 Å². The van der Waals surface area contributed by atoms with Gasteiger partial charge in [0.15, 0.2) is 0 Å². The van der Waals surface area contributed by atoms with Crippen LogP contribution in [0, 0.1) is 0 Å². The second-order valence-electron chi connectivity index (χ2n) is 4.64. The fraction of sp³-hybridized carbons (Fsp3) is 0.462. The van der Waals surface area contributed by atoms with Crippen molar-refractivity contribution in [1.29, 1.82) is 0 Å². The van der Waals surface area contributed by atoms with Crippen LogP contribution in [0.3, 0.4) is 0 Å². The molecule has 1 amide bonds. The fourth-order valence-corrected chi connectivity index (χ4v) is 3.38. The maximum Gasteiger partial charge on any atom is 0.411 e. The van der Waals surface area contributed by atoms with Crippen LogP contribution in [0.15, 0.2) is 24.3 Å². The number of hydrogen-bond acceptors (Lipinski definition) is 4. The lowest BCUT2D eigenvalue weighted by Gasteiger charge is -2.17. The molecule has 7 nitrogen and oxygen atoms in total. The Morgan fingerprint density at radius 3 is 2.62 bits per heavy atom. The predicted molar refractivity (Wildman–Crippen MR) is 80.4 cm³/mol. The molecule has 0 radical (unpaired) electrons. The maximum absolute atomic E-state index is 12.1. The molecule has 0 atom stereocenters. The average molecular weight is 313 g/mol. The summed E-state index contributed by atoms with van der Waals surface area (Å²) in [6.07, 6.45) is 1.19. The Morgan fingerprint density at radius 2 is 1.95 bits per heavy atom. The van der Waals surface area contributed by atoms with Gasteiger partial charge in [0.05, 0.1) is 12.3 Å². The van der Waals surface area contributed by atoms with Crippen molar-refractivity contribution in [3.8, 4) is 0 Å². The van der Waals surface area contributed by atoms with Crippen molar-refractivity contribution in [2.24, 2.45) is 0 Å². The summed E-state index contributed by atoms with van der Waals surface area (Å²) in [6, 6.07) is 6.49. The van der Waals surface area contributed by atoms with E-state index in [0.29, 0.717) is 24.5 Å². The monoisotopic (exact) mass is 313 g/mol. The first-order chi connectivity index (χ1) is 10.0. The Hall–Kier alpha value is -1.80. The standard InChI is InChI=1S/C13H19N3O4S/c1-2-20-13(17)14-11-6-5-7-12(10-11)15-21(18,19)16-8-3-4-9-16/h5-7,10,15H,2-4,8-9H2,1H3,(H,14,17). The van der Waals surface area contributed by atoms with Gasteiger partial charge in [-0.25, -0.2) is 4.79 Å². The van der Waals surface area contributed by atoms with Gasteiger partial charge in [0, 0.05) is 18.8 Å². The van der Waals surface area contributed by atoms with Crippen LogP contribution in [0.25, 0.3) is 0 Å². The van der Waals surface area contributed by atoms with E-state index in [1.54, 1.807) is 31.2 Å². The Labute approximate surface area is 124 Å². The third kappa shape index (κ3) is 4.33. The molecule has 0 bridgehead atoms. The average Bonchev–Trinajstić information content (AvgIpc) is 2.93. The molecule has 0 aliphatic carbocycles. The molecule has 1 aromatic rings. The minimum absolute atomic E-state index is 0.271. The van der Waals surface area contributed by atoms with Crippen molar-refractivity contribution < 1.29 is 17.9 Å². The van der Waals surface area contributed by atoms with E-state index < -0.39 is 16.3 Å². The van der Waals surface area contributed by atoms with Gasteiger partial charge in [0.25, 0.3) is 0 Å². The molecule has 116 valence electrons. The van der Waals surface area contributed by atoms with Gasteiger partial charge < -0.3 is 4.74 Å². The SMILES string of the molecule is CCOC(=O)Nc1cccc(NS(=O)(=O)N2CCCC2)c1. The Morgan fingerprint density at radius 1 is 1.29 bits per heavy atom. The molecule has 0 spiro atoms. The minimum atomic E-state index is -3.53. The summed E-state index contributed by atoms with van der Waals surface area (Å²) >= 11 is 0. The number of ether oxygens (including phenoxy) is 1. The largest absolute Gasteiger partial charge is 0.450 e. The van der Waals surface area contributed by atoms with Gasteiger partial charge in [0.2, 0.25) is 0 Å².